The molecule has 200 valence electrons. The minimum Gasteiger partial charge on any atom is -0.368 e. The monoisotopic (exact) mass is 522 g/mol. The third-order valence-corrected chi connectivity index (χ3v) is 9.00. The molecule has 0 radical (unpaired) electrons. The summed E-state index contributed by atoms with van der Waals surface area (Å²) in [5.74, 6) is 2.04. The summed E-state index contributed by atoms with van der Waals surface area (Å²) in [4.78, 5) is 34.2. The van der Waals surface area contributed by atoms with Crippen LogP contribution in [0.5, 0.6) is 0 Å². The fourth-order valence-corrected chi connectivity index (χ4v) is 6.13. The van der Waals surface area contributed by atoms with Crippen molar-refractivity contribution in [3.8, 4) is 0 Å². The molecule has 2 heterocycles. The number of carbonyl (C=O) groups excluding carboxylic acids is 2. The Hall–Kier alpha value is -2.67. The molecule has 0 unspecified atom stereocenters. The van der Waals surface area contributed by atoms with Gasteiger partial charge >= 0.3 is 0 Å². The number of hydrogen-bond acceptors (Lipinski definition) is 5. The second-order valence-corrected chi connectivity index (χ2v) is 11.5. The summed E-state index contributed by atoms with van der Waals surface area (Å²) >= 11 is 1.72. The minimum atomic E-state index is 0.238. The third-order valence-electron chi connectivity index (χ3n) is 8.02. The van der Waals surface area contributed by atoms with Crippen molar-refractivity contribution < 1.29 is 9.59 Å². The maximum absolute atomic E-state index is 12.7. The number of thioether (sulfide) groups is 1. The van der Waals surface area contributed by atoms with E-state index in [0.29, 0.717) is 12.8 Å². The molecule has 2 aromatic carbocycles. The van der Waals surface area contributed by atoms with E-state index in [1.54, 1.807) is 11.8 Å². The number of amides is 2. The van der Waals surface area contributed by atoms with Crippen LogP contribution >= 0.6 is 11.8 Å². The van der Waals surface area contributed by atoms with Crippen molar-refractivity contribution in [1.82, 2.24) is 9.80 Å². The first-order valence-corrected chi connectivity index (χ1v) is 14.8. The van der Waals surface area contributed by atoms with E-state index in [-0.39, 0.29) is 11.8 Å². The van der Waals surface area contributed by atoms with Crippen molar-refractivity contribution in [3.05, 3.63) is 58.7 Å². The van der Waals surface area contributed by atoms with E-state index in [0.717, 1.165) is 63.9 Å². The first-order valence-electron chi connectivity index (χ1n) is 13.6. The molecule has 2 fully saturated rings. The number of carbonyl (C=O) groups is 2. The Morgan fingerprint density at radius 3 is 1.38 bits per heavy atom. The Morgan fingerprint density at radius 1 is 0.622 bits per heavy atom. The van der Waals surface area contributed by atoms with E-state index in [1.807, 2.05) is 9.80 Å². The lowest BCUT2D eigenvalue weighted by Crippen LogP contribution is -2.49. The van der Waals surface area contributed by atoms with Gasteiger partial charge in [0.25, 0.3) is 0 Å². The summed E-state index contributed by atoms with van der Waals surface area (Å²) < 4.78 is 0. The molecule has 0 atom stereocenters. The summed E-state index contributed by atoms with van der Waals surface area (Å²) in [5.41, 5.74) is 7.86. The molecule has 6 nitrogen and oxygen atoms in total. The predicted octanol–water partition coefficient (Wildman–Crippen LogP) is 4.43. The van der Waals surface area contributed by atoms with Gasteiger partial charge in [-0.2, -0.15) is 11.8 Å². The number of hydrogen-bond donors (Lipinski definition) is 0. The molecule has 2 aromatic rings. The summed E-state index contributed by atoms with van der Waals surface area (Å²) in [6.07, 6.45) is 1.10. The van der Waals surface area contributed by atoms with Gasteiger partial charge in [-0.25, -0.2) is 0 Å². The number of nitrogens with zero attached hydrogens (tertiary/aromatic N) is 4. The topological polar surface area (TPSA) is 47.1 Å². The van der Waals surface area contributed by atoms with Crippen LogP contribution in [0.25, 0.3) is 0 Å². The van der Waals surface area contributed by atoms with Gasteiger partial charge < -0.3 is 19.6 Å². The van der Waals surface area contributed by atoms with E-state index in [1.165, 1.54) is 33.6 Å². The van der Waals surface area contributed by atoms with Gasteiger partial charge in [-0.1, -0.05) is 24.3 Å². The molecule has 0 bridgehead atoms. The Labute approximate surface area is 227 Å². The summed E-state index contributed by atoms with van der Waals surface area (Å²) in [6, 6.07) is 12.9. The second-order valence-electron chi connectivity index (χ2n) is 10.3. The number of anilines is 2. The fourth-order valence-electron chi connectivity index (χ4n) is 5.29. The van der Waals surface area contributed by atoms with Crippen LogP contribution in [0.4, 0.5) is 11.4 Å². The summed E-state index contributed by atoms with van der Waals surface area (Å²) in [5, 5.41) is 0. The zero-order valence-corrected chi connectivity index (χ0v) is 23.8. The zero-order chi connectivity index (χ0) is 26.4. The SMILES string of the molecule is Cc1cccc(N2CCN(C(=O)CCSCCC(=O)N3CCN(c4cccc(C)c4C)CC3)CC2)c1C. The van der Waals surface area contributed by atoms with E-state index in [2.05, 4.69) is 73.9 Å². The van der Waals surface area contributed by atoms with Crippen molar-refractivity contribution in [2.24, 2.45) is 0 Å². The molecule has 2 aliphatic heterocycles. The Kier molecular flexibility index (Phi) is 9.41. The lowest BCUT2D eigenvalue weighted by atomic mass is 10.1. The van der Waals surface area contributed by atoms with Crippen LogP contribution in [0.15, 0.2) is 36.4 Å². The number of aryl methyl sites for hydroxylation is 2. The van der Waals surface area contributed by atoms with Gasteiger partial charge in [0.1, 0.15) is 0 Å². The molecule has 0 aromatic heterocycles. The zero-order valence-electron chi connectivity index (χ0n) is 23.0. The highest BCUT2D eigenvalue weighted by molar-refractivity contribution is 7.99. The van der Waals surface area contributed by atoms with E-state index in [4.69, 9.17) is 0 Å². The van der Waals surface area contributed by atoms with Crippen LogP contribution in [0, 0.1) is 27.7 Å². The molecule has 0 N–H and O–H groups in total. The molecule has 0 aliphatic carbocycles. The lowest BCUT2D eigenvalue weighted by molar-refractivity contribution is -0.131. The molecule has 37 heavy (non-hydrogen) atoms. The summed E-state index contributed by atoms with van der Waals surface area (Å²) in [6.45, 7) is 15.3. The van der Waals surface area contributed by atoms with Crippen LogP contribution < -0.4 is 9.80 Å². The van der Waals surface area contributed by atoms with Gasteiger partial charge in [0, 0.05) is 88.1 Å². The largest absolute Gasteiger partial charge is 0.368 e. The van der Waals surface area contributed by atoms with Gasteiger partial charge in [-0.05, 0) is 62.1 Å². The maximum atomic E-state index is 12.7. The number of benzene rings is 2. The normalized spacial score (nSPS) is 16.3. The van der Waals surface area contributed by atoms with Gasteiger partial charge in [-0.3, -0.25) is 9.59 Å². The van der Waals surface area contributed by atoms with Crippen LogP contribution in [0.3, 0.4) is 0 Å². The van der Waals surface area contributed by atoms with E-state index < -0.39 is 0 Å². The van der Waals surface area contributed by atoms with Crippen molar-refractivity contribution in [2.45, 2.75) is 40.5 Å². The second kappa shape index (κ2) is 12.7. The highest BCUT2D eigenvalue weighted by atomic mass is 32.2. The molecule has 2 saturated heterocycles. The van der Waals surface area contributed by atoms with Crippen LogP contribution in [0.2, 0.25) is 0 Å². The Balaban J connectivity index is 1.10. The molecule has 0 spiro atoms. The Morgan fingerprint density at radius 2 is 1.00 bits per heavy atom. The average molecular weight is 523 g/mol. The van der Waals surface area contributed by atoms with Gasteiger partial charge in [0.05, 0.1) is 0 Å². The lowest BCUT2D eigenvalue weighted by Gasteiger charge is -2.37. The first-order chi connectivity index (χ1) is 17.8. The molecular weight excluding hydrogens is 480 g/mol. The first kappa shape index (κ1) is 27.4. The fraction of sp³-hybridized carbons (Fsp3) is 0.533. The van der Waals surface area contributed by atoms with E-state index in [9.17, 15) is 9.59 Å². The Bertz CT molecular complexity index is 1000. The third kappa shape index (κ3) is 6.81. The molecule has 0 saturated carbocycles. The highest BCUT2D eigenvalue weighted by Gasteiger charge is 2.23. The number of piperazine rings is 2. The van der Waals surface area contributed by atoms with Crippen LogP contribution in [-0.4, -0.2) is 85.5 Å². The van der Waals surface area contributed by atoms with Crippen molar-refractivity contribution in [3.63, 3.8) is 0 Å². The van der Waals surface area contributed by atoms with Crippen molar-refractivity contribution in [1.29, 1.82) is 0 Å². The maximum Gasteiger partial charge on any atom is 0.223 e. The van der Waals surface area contributed by atoms with E-state index >= 15 is 0 Å². The van der Waals surface area contributed by atoms with Gasteiger partial charge in [0.2, 0.25) is 11.8 Å². The molecule has 2 amide bonds. The van der Waals surface area contributed by atoms with Gasteiger partial charge in [0.15, 0.2) is 0 Å². The van der Waals surface area contributed by atoms with Gasteiger partial charge in [-0.15, -0.1) is 0 Å². The standard InChI is InChI=1S/C30H42N4O2S/c1-23-7-5-9-27(25(23)3)31-13-17-33(18-14-31)29(35)11-21-37-22-12-30(36)34-19-15-32(16-20-34)28-10-6-8-24(2)26(28)4/h5-10H,11-22H2,1-4H3. The van der Waals surface area contributed by atoms with Crippen LogP contribution in [0.1, 0.15) is 35.1 Å². The molecule has 2 aliphatic rings. The smallest absolute Gasteiger partial charge is 0.223 e. The average Bonchev–Trinajstić information content (AvgIpc) is 2.91. The predicted molar refractivity (Wildman–Crippen MR) is 156 cm³/mol. The molecule has 7 heteroatoms. The van der Waals surface area contributed by atoms with Crippen LogP contribution in [-0.2, 0) is 9.59 Å². The highest BCUT2D eigenvalue weighted by Crippen LogP contribution is 2.25. The molecule has 4 rings (SSSR count). The number of rotatable bonds is 8. The minimum absolute atomic E-state index is 0.238. The molecular formula is C30H42N4O2S. The van der Waals surface area contributed by atoms with Crippen molar-refractivity contribution in [2.75, 3.05) is 73.7 Å². The van der Waals surface area contributed by atoms with Crippen molar-refractivity contribution >= 4 is 35.0 Å². The quantitative estimate of drug-likeness (QED) is 0.480. The summed E-state index contributed by atoms with van der Waals surface area (Å²) in [7, 11) is 0.